The smallest absolute Gasteiger partial charge is 0.335 e. The molecular weight excluding hydrogens is 378 g/mol. The van der Waals surface area contributed by atoms with E-state index in [0.29, 0.717) is 17.2 Å². The van der Waals surface area contributed by atoms with E-state index >= 15 is 0 Å². The monoisotopic (exact) mass is 395 g/mol. The van der Waals surface area contributed by atoms with E-state index in [1.165, 1.54) is 0 Å². The van der Waals surface area contributed by atoms with E-state index in [9.17, 15) is 4.79 Å². The molecule has 0 saturated heterocycles. The molecule has 0 amide bonds. The molecule has 3 N–H and O–H groups in total. The Labute approximate surface area is 171 Å². The number of hydrogen-bond acceptors (Lipinski definition) is 5. The first-order chi connectivity index (χ1) is 14.5. The Kier molecular flexibility index (Phi) is 3.96. The molecule has 7 nitrogen and oxygen atoms in total. The van der Waals surface area contributed by atoms with Crippen LogP contribution in [-0.2, 0) is 0 Å². The van der Waals surface area contributed by atoms with Gasteiger partial charge in [-0.2, -0.15) is 9.61 Å². The van der Waals surface area contributed by atoms with Crippen LogP contribution in [0.4, 0.5) is 5.82 Å². The Morgan fingerprint density at radius 1 is 1.03 bits per heavy atom. The molecule has 3 aromatic heterocycles. The van der Waals surface area contributed by atoms with Gasteiger partial charge in [-0.15, -0.1) is 0 Å². The number of carboxylic acid groups (broad SMARTS) is 1. The number of nitrogens with two attached hydrogens (primary N) is 1. The zero-order chi connectivity index (χ0) is 20.8. The van der Waals surface area contributed by atoms with Crippen LogP contribution in [0.1, 0.15) is 15.9 Å². The summed E-state index contributed by atoms with van der Waals surface area (Å²) in [6, 6.07) is 16.6. The van der Waals surface area contributed by atoms with Crippen LogP contribution in [-0.4, -0.2) is 30.7 Å². The summed E-state index contributed by atoms with van der Waals surface area (Å²) >= 11 is 0. The first kappa shape index (κ1) is 17.8. The van der Waals surface area contributed by atoms with Gasteiger partial charge in [0.15, 0.2) is 5.65 Å². The molecule has 3 heterocycles. The maximum Gasteiger partial charge on any atom is 0.335 e. The average Bonchev–Trinajstić information content (AvgIpc) is 3.20. The Hall–Kier alpha value is -4.26. The maximum absolute atomic E-state index is 11.2. The van der Waals surface area contributed by atoms with E-state index in [1.807, 2.05) is 31.2 Å². The van der Waals surface area contributed by atoms with Crippen LogP contribution in [0.25, 0.3) is 38.9 Å². The van der Waals surface area contributed by atoms with Crippen molar-refractivity contribution < 1.29 is 9.90 Å². The van der Waals surface area contributed by atoms with Crippen LogP contribution in [0.15, 0.2) is 67.0 Å². The molecule has 0 spiro atoms. The number of aromatic carboxylic acids is 1. The predicted molar refractivity (Wildman–Crippen MR) is 115 cm³/mol. The summed E-state index contributed by atoms with van der Waals surface area (Å²) < 4.78 is 1.62. The number of anilines is 1. The summed E-state index contributed by atoms with van der Waals surface area (Å²) in [7, 11) is 0. The summed E-state index contributed by atoms with van der Waals surface area (Å²) in [5.74, 6) is -0.486. The van der Waals surface area contributed by atoms with E-state index in [1.54, 1.807) is 41.2 Å². The van der Waals surface area contributed by atoms with E-state index in [0.717, 1.165) is 33.2 Å². The second kappa shape index (κ2) is 6.66. The standard InChI is InChI=1S/C23H17N5O2/c1-13-20(14-6-8-15(9-7-14)23(29)30)27-22-18(12-26-28(22)21(13)24)17-10-16-4-2-3-5-19(16)25-11-17/h2-12H,24H2,1H3,(H,29,30). The predicted octanol–water partition coefficient (Wildman–Crippen LogP) is 4.20. The Morgan fingerprint density at radius 3 is 2.57 bits per heavy atom. The Bertz CT molecular complexity index is 1440. The highest BCUT2D eigenvalue weighted by Gasteiger charge is 2.17. The van der Waals surface area contributed by atoms with Crippen LogP contribution in [0.5, 0.6) is 0 Å². The largest absolute Gasteiger partial charge is 0.478 e. The van der Waals surface area contributed by atoms with Gasteiger partial charge in [-0.05, 0) is 31.2 Å². The lowest BCUT2D eigenvalue weighted by Gasteiger charge is -2.11. The molecule has 5 aromatic rings. The number of pyridine rings is 1. The van der Waals surface area contributed by atoms with Crippen LogP contribution in [0, 0.1) is 6.92 Å². The first-order valence-corrected chi connectivity index (χ1v) is 9.35. The van der Waals surface area contributed by atoms with Crippen molar-refractivity contribution in [2.75, 3.05) is 5.73 Å². The number of rotatable bonds is 3. The molecule has 0 atom stereocenters. The minimum atomic E-state index is -0.969. The number of benzene rings is 2. The molecule has 0 aliphatic heterocycles. The molecule has 30 heavy (non-hydrogen) atoms. The van der Waals surface area contributed by atoms with E-state index in [-0.39, 0.29) is 5.56 Å². The fourth-order valence-corrected chi connectivity index (χ4v) is 3.57. The van der Waals surface area contributed by atoms with Gasteiger partial charge >= 0.3 is 5.97 Å². The van der Waals surface area contributed by atoms with Crippen LogP contribution >= 0.6 is 0 Å². The molecule has 0 aliphatic carbocycles. The van der Waals surface area contributed by atoms with Gasteiger partial charge in [-0.3, -0.25) is 4.98 Å². The van der Waals surface area contributed by atoms with Crippen molar-refractivity contribution >= 4 is 28.3 Å². The quantitative estimate of drug-likeness (QED) is 0.474. The van der Waals surface area contributed by atoms with E-state index in [2.05, 4.69) is 16.1 Å². The highest BCUT2D eigenvalue weighted by Crippen LogP contribution is 2.31. The summed E-state index contributed by atoms with van der Waals surface area (Å²) in [6.45, 7) is 1.88. The van der Waals surface area contributed by atoms with Crippen LogP contribution in [0.2, 0.25) is 0 Å². The summed E-state index contributed by atoms with van der Waals surface area (Å²) in [4.78, 5) is 20.5. The molecule has 0 saturated carbocycles. The van der Waals surface area contributed by atoms with Gasteiger partial charge in [-0.1, -0.05) is 30.3 Å². The highest BCUT2D eigenvalue weighted by atomic mass is 16.4. The van der Waals surface area contributed by atoms with Crippen molar-refractivity contribution in [3.8, 4) is 22.4 Å². The van der Waals surface area contributed by atoms with Gasteiger partial charge in [0.05, 0.1) is 23.0 Å². The number of nitrogens with zero attached hydrogens (tertiary/aromatic N) is 4. The number of aromatic nitrogens is 4. The molecule has 0 radical (unpaired) electrons. The van der Waals surface area contributed by atoms with Crippen molar-refractivity contribution in [3.05, 3.63) is 78.1 Å². The van der Waals surface area contributed by atoms with Gasteiger partial charge in [0, 0.05) is 33.8 Å². The molecule has 0 bridgehead atoms. The van der Waals surface area contributed by atoms with Gasteiger partial charge in [0.2, 0.25) is 0 Å². The molecule has 146 valence electrons. The van der Waals surface area contributed by atoms with Gasteiger partial charge < -0.3 is 10.8 Å². The van der Waals surface area contributed by atoms with E-state index < -0.39 is 5.97 Å². The normalized spacial score (nSPS) is 11.2. The van der Waals surface area contributed by atoms with Crippen molar-refractivity contribution in [1.82, 2.24) is 19.6 Å². The number of fused-ring (bicyclic) bond motifs is 2. The lowest BCUT2D eigenvalue weighted by molar-refractivity contribution is 0.0697. The van der Waals surface area contributed by atoms with Crippen molar-refractivity contribution in [3.63, 3.8) is 0 Å². The minimum absolute atomic E-state index is 0.220. The summed E-state index contributed by atoms with van der Waals surface area (Å²) in [5, 5.41) is 14.6. The van der Waals surface area contributed by atoms with Gasteiger partial charge in [0.1, 0.15) is 5.82 Å². The van der Waals surface area contributed by atoms with Crippen molar-refractivity contribution in [1.29, 1.82) is 0 Å². The molecule has 0 fully saturated rings. The number of nitrogen functional groups attached to an aromatic ring is 1. The molecule has 0 aliphatic rings. The van der Waals surface area contributed by atoms with E-state index in [4.69, 9.17) is 15.8 Å². The number of hydrogen-bond donors (Lipinski definition) is 2. The minimum Gasteiger partial charge on any atom is -0.478 e. The topological polar surface area (TPSA) is 106 Å². The van der Waals surface area contributed by atoms with Gasteiger partial charge in [0.25, 0.3) is 0 Å². The highest BCUT2D eigenvalue weighted by molar-refractivity contribution is 5.89. The lowest BCUT2D eigenvalue weighted by Crippen LogP contribution is -2.05. The lowest BCUT2D eigenvalue weighted by atomic mass is 10.0. The van der Waals surface area contributed by atoms with Crippen molar-refractivity contribution in [2.45, 2.75) is 6.92 Å². The third-order valence-corrected chi connectivity index (χ3v) is 5.24. The fraction of sp³-hybridized carbons (Fsp3) is 0.0435. The van der Waals surface area contributed by atoms with Gasteiger partial charge in [-0.25, -0.2) is 9.78 Å². The van der Waals surface area contributed by atoms with Crippen molar-refractivity contribution in [2.24, 2.45) is 0 Å². The zero-order valence-electron chi connectivity index (χ0n) is 16.1. The molecule has 0 unspecified atom stereocenters. The van der Waals surface area contributed by atoms with Crippen LogP contribution < -0.4 is 5.73 Å². The Morgan fingerprint density at radius 2 is 1.80 bits per heavy atom. The SMILES string of the molecule is Cc1c(-c2ccc(C(=O)O)cc2)nc2c(-c3cnc4ccccc4c3)cnn2c1N. The third-order valence-electron chi connectivity index (χ3n) is 5.24. The third kappa shape index (κ3) is 2.76. The van der Waals surface area contributed by atoms with Crippen LogP contribution in [0.3, 0.4) is 0 Å². The molecule has 5 rings (SSSR count). The Balaban J connectivity index is 1.70. The number of carbonyl (C=O) groups is 1. The maximum atomic E-state index is 11.2. The zero-order valence-corrected chi connectivity index (χ0v) is 16.1. The molecular formula is C23H17N5O2. The molecule has 7 heteroatoms. The molecule has 2 aromatic carbocycles. The number of para-hydroxylation sites is 1. The average molecular weight is 395 g/mol. The summed E-state index contributed by atoms with van der Waals surface area (Å²) in [5.41, 5.74) is 12.1. The second-order valence-electron chi connectivity index (χ2n) is 7.06. The number of carboxylic acids is 1. The fourth-order valence-electron chi connectivity index (χ4n) is 3.57. The summed E-state index contributed by atoms with van der Waals surface area (Å²) in [6.07, 6.45) is 3.54. The first-order valence-electron chi connectivity index (χ1n) is 9.35. The second-order valence-corrected chi connectivity index (χ2v) is 7.06.